The first-order chi connectivity index (χ1) is 10.7. The van der Waals surface area contributed by atoms with E-state index in [0.29, 0.717) is 32.0 Å². The van der Waals surface area contributed by atoms with E-state index in [9.17, 15) is 21.6 Å². The molecule has 0 saturated carbocycles. The first kappa shape index (κ1) is 18.0. The van der Waals surface area contributed by atoms with Gasteiger partial charge in [-0.2, -0.15) is 13.1 Å². The summed E-state index contributed by atoms with van der Waals surface area (Å²) in [6.45, 7) is -0.702. The number of rotatable bonds is 5. The molecule has 1 aromatic carbocycles. The molecule has 0 spiro atoms. The number of nitrogens with two attached hydrogens (primary N) is 1. The Kier molecular flexibility index (Phi) is 5.53. The fraction of sp³-hybridized carbons (Fsp3) is 0.571. The number of piperidine rings is 1. The number of nitrogens with zero attached hydrogens (tertiary/aromatic N) is 1. The highest BCUT2D eigenvalue weighted by atomic mass is 32.2. The Morgan fingerprint density at radius 1 is 1.30 bits per heavy atom. The van der Waals surface area contributed by atoms with Gasteiger partial charge in [-0.3, -0.25) is 0 Å². The Morgan fingerprint density at radius 2 is 1.91 bits per heavy atom. The second-order valence-electron chi connectivity index (χ2n) is 5.57. The minimum absolute atomic E-state index is 0.0110. The van der Waals surface area contributed by atoms with Crippen LogP contribution in [0.5, 0.6) is 5.75 Å². The Bertz CT molecular complexity index is 645. The van der Waals surface area contributed by atoms with Crippen LogP contribution in [0.2, 0.25) is 0 Å². The van der Waals surface area contributed by atoms with E-state index < -0.39 is 28.2 Å². The van der Waals surface area contributed by atoms with Crippen LogP contribution in [0.3, 0.4) is 0 Å². The molecule has 1 atom stereocenters. The quantitative estimate of drug-likeness (QED) is 0.882. The van der Waals surface area contributed by atoms with E-state index in [2.05, 4.69) is 4.74 Å². The molecule has 1 aliphatic rings. The molecular formula is C14H19F3N2O3S. The van der Waals surface area contributed by atoms with Crippen molar-refractivity contribution < 1.29 is 26.3 Å². The van der Waals surface area contributed by atoms with Crippen molar-refractivity contribution in [1.29, 1.82) is 0 Å². The Labute approximate surface area is 133 Å². The number of benzene rings is 1. The second-order valence-corrected chi connectivity index (χ2v) is 7.51. The first-order valence-electron chi connectivity index (χ1n) is 7.22. The first-order valence-corrected chi connectivity index (χ1v) is 8.66. The summed E-state index contributed by atoms with van der Waals surface area (Å²) in [5, 5.41) is 0. The molecule has 0 bridgehead atoms. The molecule has 2 N–H and O–H groups in total. The van der Waals surface area contributed by atoms with Gasteiger partial charge in [-0.05, 0) is 43.9 Å². The third-order valence-electron chi connectivity index (χ3n) is 4.00. The van der Waals surface area contributed by atoms with Crippen molar-refractivity contribution in [2.45, 2.75) is 37.3 Å². The number of halogens is 3. The summed E-state index contributed by atoms with van der Waals surface area (Å²) in [4.78, 5) is -0.282. The zero-order valence-corrected chi connectivity index (χ0v) is 13.4. The monoisotopic (exact) mass is 352 g/mol. The number of hydrogen-bond donors (Lipinski definition) is 1. The lowest BCUT2D eigenvalue weighted by Crippen LogP contribution is -2.42. The molecule has 1 aromatic rings. The molecule has 1 aliphatic heterocycles. The van der Waals surface area contributed by atoms with Crippen molar-refractivity contribution in [3.8, 4) is 5.75 Å². The zero-order valence-electron chi connectivity index (χ0n) is 12.6. The van der Waals surface area contributed by atoms with Crippen molar-refractivity contribution in [1.82, 2.24) is 4.31 Å². The molecule has 1 heterocycles. The van der Waals surface area contributed by atoms with Crippen LogP contribution < -0.4 is 10.5 Å². The minimum atomic E-state index is -3.87. The molecule has 0 radical (unpaired) electrons. The molecule has 0 aliphatic carbocycles. The average molecular weight is 352 g/mol. The SMILES string of the molecule is CC(N)C1CCN(S(=O)(=O)c2ccc(OC(F)F)c(F)c2)CC1. The van der Waals surface area contributed by atoms with Gasteiger partial charge in [0, 0.05) is 19.1 Å². The number of ether oxygens (including phenoxy) is 1. The Hall–Kier alpha value is -1.32. The Morgan fingerprint density at radius 3 is 2.39 bits per heavy atom. The van der Waals surface area contributed by atoms with Gasteiger partial charge in [0.2, 0.25) is 10.0 Å². The van der Waals surface area contributed by atoms with Gasteiger partial charge in [0.15, 0.2) is 11.6 Å². The molecule has 5 nitrogen and oxygen atoms in total. The third-order valence-corrected chi connectivity index (χ3v) is 5.89. The summed E-state index contributed by atoms with van der Waals surface area (Å²) in [5.41, 5.74) is 5.82. The van der Waals surface area contributed by atoms with Crippen LogP contribution in [0.4, 0.5) is 13.2 Å². The molecule has 1 fully saturated rings. The highest BCUT2D eigenvalue weighted by molar-refractivity contribution is 7.89. The maximum absolute atomic E-state index is 13.7. The Balaban J connectivity index is 2.16. The average Bonchev–Trinajstić information content (AvgIpc) is 2.49. The smallest absolute Gasteiger partial charge is 0.387 e. The lowest BCUT2D eigenvalue weighted by atomic mass is 9.92. The van der Waals surface area contributed by atoms with Crippen molar-refractivity contribution in [2.75, 3.05) is 13.1 Å². The summed E-state index contributed by atoms with van der Waals surface area (Å²) in [6, 6.07) is 2.64. The lowest BCUT2D eigenvalue weighted by molar-refractivity contribution is -0.0522. The normalized spacial score (nSPS) is 19.0. The van der Waals surface area contributed by atoms with Gasteiger partial charge in [0.1, 0.15) is 0 Å². The third kappa shape index (κ3) is 4.15. The van der Waals surface area contributed by atoms with Crippen molar-refractivity contribution in [3.05, 3.63) is 24.0 Å². The molecule has 0 amide bonds. The minimum Gasteiger partial charge on any atom is -0.432 e. The number of hydrogen-bond acceptors (Lipinski definition) is 4. The van der Waals surface area contributed by atoms with Crippen molar-refractivity contribution in [3.63, 3.8) is 0 Å². The summed E-state index contributed by atoms with van der Waals surface area (Å²) in [7, 11) is -3.87. The standard InChI is InChI=1S/C14H19F3N2O3S/c1-9(18)10-4-6-19(7-5-10)23(20,21)11-2-3-13(12(15)8-11)22-14(16)17/h2-3,8-10,14H,4-7,18H2,1H3. The van der Waals surface area contributed by atoms with E-state index in [-0.39, 0.29) is 16.9 Å². The van der Waals surface area contributed by atoms with E-state index in [4.69, 9.17) is 5.73 Å². The molecule has 130 valence electrons. The molecule has 1 saturated heterocycles. The summed E-state index contributed by atoms with van der Waals surface area (Å²) in [6.07, 6.45) is 1.26. The van der Waals surface area contributed by atoms with Gasteiger partial charge >= 0.3 is 6.61 Å². The van der Waals surface area contributed by atoms with Crippen LogP contribution in [0, 0.1) is 11.7 Å². The van der Waals surface area contributed by atoms with E-state index in [1.807, 2.05) is 6.92 Å². The van der Waals surface area contributed by atoms with Crippen LogP contribution in [0.15, 0.2) is 23.1 Å². The molecule has 1 unspecified atom stereocenters. The van der Waals surface area contributed by atoms with Gasteiger partial charge in [0.05, 0.1) is 4.90 Å². The van der Waals surface area contributed by atoms with Gasteiger partial charge in [-0.25, -0.2) is 12.8 Å². The van der Waals surface area contributed by atoms with Gasteiger partial charge in [0.25, 0.3) is 0 Å². The van der Waals surface area contributed by atoms with Gasteiger partial charge in [-0.1, -0.05) is 0 Å². The summed E-state index contributed by atoms with van der Waals surface area (Å²) < 4.78 is 68.1. The molecular weight excluding hydrogens is 333 g/mol. The highest BCUT2D eigenvalue weighted by Gasteiger charge is 2.31. The molecule has 9 heteroatoms. The van der Waals surface area contributed by atoms with E-state index in [0.717, 1.165) is 12.1 Å². The summed E-state index contributed by atoms with van der Waals surface area (Å²) in [5.74, 6) is -1.58. The van der Waals surface area contributed by atoms with E-state index in [1.54, 1.807) is 0 Å². The van der Waals surface area contributed by atoms with Gasteiger partial charge in [-0.15, -0.1) is 0 Å². The molecule has 23 heavy (non-hydrogen) atoms. The van der Waals surface area contributed by atoms with Gasteiger partial charge < -0.3 is 10.5 Å². The van der Waals surface area contributed by atoms with Crippen LogP contribution in [0.1, 0.15) is 19.8 Å². The van der Waals surface area contributed by atoms with Crippen molar-refractivity contribution >= 4 is 10.0 Å². The topological polar surface area (TPSA) is 72.6 Å². The highest BCUT2D eigenvalue weighted by Crippen LogP contribution is 2.28. The van der Waals surface area contributed by atoms with E-state index >= 15 is 0 Å². The number of sulfonamides is 1. The van der Waals surface area contributed by atoms with Crippen molar-refractivity contribution in [2.24, 2.45) is 11.7 Å². The van der Waals surface area contributed by atoms with Crippen LogP contribution >= 0.6 is 0 Å². The maximum Gasteiger partial charge on any atom is 0.387 e. The second kappa shape index (κ2) is 7.06. The number of alkyl halides is 2. The van der Waals surface area contributed by atoms with Crippen LogP contribution in [-0.4, -0.2) is 38.5 Å². The predicted octanol–water partition coefficient (Wildman–Crippen LogP) is 2.18. The molecule has 0 aromatic heterocycles. The van der Waals surface area contributed by atoms with Crippen LogP contribution in [0.25, 0.3) is 0 Å². The largest absolute Gasteiger partial charge is 0.432 e. The predicted molar refractivity (Wildman–Crippen MR) is 78.2 cm³/mol. The fourth-order valence-corrected chi connectivity index (χ4v) is 4.11. The summed E-state index contributed by atoms with van der Waals surface area (Å²) >= 11 is 0. The van der Waals surface area contributed by atoms with Crippen LogP contribution in [-0.2, 0) is 10.0 Å². The molecule has 2 rings (SSSR count). The lowest BCUT2D eigenvalue weighted by Gasteiger charge is -2.32. The fourth-order valence-electron chi connectivity index (χ4n) is 2.62. The zero-order chi connectivity index (χ0) is 17.2. The maximum atomic E-state index is 13.7. The van der Waals surface area contributed by atoms with E-state index in [1.165, 1.54) is 4.31 Å².